The minimum absolute atomic E-state index is 0.0193. The van der Waals surface area contributed by atoms with E-state index in [4.69, 9.17) is 11.5 Å². The standard InChI is InChI=1S/C26H35N3O7/c1-4-5-6-11-7-13(10-27)20(30)17-14(11)8-12-9-15-19(29(2)3)22(32)18(25(28)35)24(34)26(15,36)23(33)16(12)21(17)31/h7,12,15,18-19,22,30-32,36H,4-6,8-10,27H2,1-3H3,(H2,28,35)/t12-,15-,18?,19-,22?,26-/m1/s1. The Labute approximate surface area is 209 Å². The van der Waals surface area contributed by atoms with Gasteiger partial charge in [0.25, 0.3) is 0 Å². The van der Waals surface area contributed by atoms with Gasteiger partial charge in [0, 0.05) is 29.6 Å². The third-order valence-electron chi connectivity index (χ3n) is 8.28. The zero-order valence-electron chi connectivity index (χ0n) is 20.8. The first kappa shape index (κ1) is 26.3. The van der Waals surface area contributed by atoms with Crippen LogP contribution in [0.2, 0.25) is 0 Å². The Morgan fingerprint density at radius 2 is 1.89 bits per heavy atom. The number of Topliss-reactive ketones (excluding diaryl/α,β-unsaturated/α-hetero) is 2. The summed E-state index contributed by atoms with van der Waals surface area (Å²) >= 11 is 0. The summed E-state index contributed by atoms with van der Waals surface area (Å²) in [4.78, 5) is 40.9. The number of nitrogens with two attached hydrogens (primary N) is 2. The number of aliphatic hydroxyl groups is 3. The van der Waals surface area contributed by atoms with Gasteiger partial charge in [-0.05, 0) is 56.8 Å². The maximum absolute atomic E-state index is 13.9. The molecule has 1 amide bonds. The second-order valence-corrected chi connectivity index (χ2v) is 10.5. The fraction of sp³-hybridized carbons (Fsp3) is 0.577. The number of aliphatic hydroxyl groups excluding tert-OH is 2. The van der Waals surface area contributed by atoms with Crippen molar-refractivity contribution in [2.75, 3.05) is 14.1 Å². The molecule has 0 aromatic heterocycles. The lowest BCUT2D eigenvalue weighted by Crippen LogP contribution is -2.73. The molecule has 10 nitrogen and oxygen atoms in total. The number of hydrogen-bond donors (Lipinski definition) is 6. The van der Waals surface area contributed by atoms with Gasteiger partial charge in [-0.15, -0.1) is 0 Å². The van der Waals surface area contributed by atoms with E-state index in [-0.39, 0.29) is 29.9 Å². The van der Waals surface area contributed by atoms with Crippen molar-refractivity contribution >= 4 is 23.2 Å². The number of ketones is 2. The third kappa shape index (κ3) is 3.58. The number of aryl methyl sites for hydroxylation is 1. The Kier molecular flexibility index (Phi) is 6.76. The lowest BCUT2D eigenvalue weighted by molar-refractivity contribution is -0.184. The number of benzene rings is 1. The SMILES string of the molecule is CCCCc1cc(CN)c(O)c2c1C[C@@H]1C[C@@H]3[C@@H](N(C)C)C(O)C(C(N)=O)C(=O)[C@]3(O)C(=O)C1=C2O. The number of primary amides is 1. The third-order valence-corrected chi connectivity index (χ3v) is 8.28. The number of nitrogens with zero attached hydrogens (tertiary/aromatic N) is 1. The highest BCUT2D eigenvalue weighted by Gasteiger charge is 2.67. The molecule has 196 valence electrons. The number of fused-ring (bicyclic) bond motifs is 3. The van der Waals surface area contributed by atoms with E-state index in [1.54, 1.807) is 19.0 Å². The molecule has 10 heteroatoms. The first-order chi connectivity index (χ1) is 16.9. The van der Waals surface area contributed by atoms with Gasteiger partial charge in [0.1, 0.15) is 17.4 Å². The maximum atomic E-state index is 13.9. The molecule has 3 aliphatic rings. The Morgan fingerprint density at radius 1 is 1.22 bits per heavy atom. The van der Waals surface area contributed by atoms with E-state index in [0.717, 1.165) is 18.4 Å². The predicted molar refractivity (Wildman–Crippen MR) is 131 cm³/mol. The lowest BCUT2D eigenvalue weighted by Gasteiger charge is -2.53. The number of rotatable bonds is 6. The molecule has 4 rings (SSSR count). The van der Waals surface area contributed by atoms with Gasteiger partial charge < -0.3 is 36.8 Å². The van der Waals surface area contributed by atoms with Crippen LogP contribution in [0.5, 0.6) is 5.75 Å². The number of aromatic hydroxyl groups is 1. The fourth-order valence-corrected chi connectivity index (χ4v) is 6.56. The van der Waals surface area contributed by atoms with Gasteiger partial charge in [-0.2, -0.15) is 0 Å². The molecule has 0 spiro atoms. The molecule has 6 atom stereocenters. The van der Waals surface area contributed by atoms with Crippen LogP contribution in [0.4, 0.5) is 0 Å². The molecule has 1 aromatic carbocycles. The molecule has 0 bridgehead atoms. The number of phenols is 1. The molecule has 2 saturated carbocycles. The normalized spacial score (nSPS) is 31.8. The number of likely N-dealkylation sites (N-methyl/N-ethyl adjacent to an activating group) is 1. The number of carbonyl (C=O) groups is 3. The van der Waals surface area contributed by atoms with Crippen molar-refractivity contribution in [2.45, 2.75) is 63.3 Å². The minimum atomic E-state index is -2.66. The average molecular weight is 502 g/mol. The molecular formula is C26H35N3O7. The lowest BCUT2D eigenvalue weighted by atomic mass is 9.54. The second-order valence-electron chi connectivity index (χ2n) is 10.5. The molecule has 2 fully saturated rings. The van der Waals surface area contributed by atoms with Crippen LogP contribution in [-0.4, -0.2) is 74.6 Å². The zero-order valence-corrected chi connectivity index (χ0v) is 20.8. The summed E-state index contributed by atoms with van der Waals surface area (Å²) < 4.78 is 0. The van der Waals surface area contributed by atoms with Crippen LogP contribution in [0, 0.1) is 17.8 Å². The Hall–Kier alpha value is -2.79. The van der Waals surface area contributed by atoms with Crippen LogP contribution < -0.4 is 11.5 Å². The molecule has 3 aliphatic carbocycles. The molecular weight excluding hydrogens is 466 g/mol. The second kappa shape index (κ2) is 9.26. The summed E-state index contributed by atoms with van der Waals surface area (Å²) in [5.74, 6) is -7.42. The molecule has 0 radical (unpaired) electrons. The first-order valence-electron chi connectivity index (χ1n) is 12.4. The monoisotopic (exact) mass is 501 g/mol. The largest absolute Gasteiger partial charge is 0.507 e. The van der Waals surface area contributed by atoms with E-state index >= 15 is 0 Å². The van der Waals surface area contributed by atoms with Crippen molar-refractivity contribution < 1.29 is 34.8 Å². The van der Waals surface area contributed by atoms with Crippen molar-refractivity contribution in [3.63, 3.8) is 0 Å². The van der Waals surface area contributed by atoms with Crippen molar-refractivity contribution in [3.8, 4) is 5.75 Å². The van der Waals surface area contributed by atoms with Crippen LogP contribution in [0.15, 0.2) is 11.6 Å². The van der Waals surface area contributed by atoms with E-state index in [2.05, 4.69) is 6.92 Å². The number of amides is 1. The highest BCUT2D eigenvalue weighted by molar-refractivity contribution is 6.25. The van der Waals surface area contributed by atoms with Crippen LogP contribution >= 0.6 is 0 Å². The topological polar surface area (TPSA) is 187 Å². The number of hydrogen-bond acceptors (Lipinski definition) is 9. The molecule has 36 heavy (non-hydrogen) atoms. The molecule has 0 heterocycles. The molecule has 1 aromatic rings. The van der Waals surface area contributed by atoms with Crippen LogP contribution in [0.25, 0.3) is 5.76 Å². The quantitative estimate of drug-likeness (QED) is 0.290. The van der Waals surface area contributed by atoms with E-state index in [1.807, 2.05) is 6.07 Å². The Balaban J connectivity index is 1.93. The van der Waals surface area contributed by atoms with E-state index < -0.39 is 58.7 Å². The van der Waals surface area contributed by atoms with E-state index in [9.17, 15) is 34.8 Å². The summed E-state index contributed by atoms with van der Waals surface area (Å²) in [6, 6.07) is 0.920. The highest BCUT2D eigenvalue weighted by Crippen LogP contribution is 2.53. The predicted octanol–water partition coefficient (Wildman–Crippen LogP) is -0.0697. The minimum Gasteiger partial charge on any atom is -0.507 e. The van der Waals surface area contributed by atoms with Crippen LogP contribution in [0.1, 0.15) is 48.4 Å². The average Bonchev–Trinajstić information content (AvgIpc) is 2.80. The summed E-state index contributed by atoms with van der Waals surface area (Å²) in [5.41, 5.74) is 10.6. The number of phenolic OH excluding ortho intramolecular Hbond substituents is 1. The number of carbonyl (C=O) groups excluding carboxylic acids is 3. The summed E-state index contributed by atoms with van der Waals surface area (Å²) in [6.07, 6.45) is 1.40. The molecule has 2 unspecified atom stereocenters. The highest BCUT2D eigenvalue weighted by atomic mass is 16.3. The molecule has 0 aliphatic heterocycles. The fourth-order valence-electron chi connectivity index (χ4n) is 6.56. The first-order valence-corrected chi connectivity index (χ1v) is 12.4. The Bertz CT molecular complexity index is 1160. The smallest absolute Gasteiger partial charge is 0.230 e. The van der Waals surface area contributed by atoms with E-state index in [0.29, 0.717) is 24.0 Å². The van der Waals surface area contributed by atoms with Crippen molar-refractivity contribution in [1.29, 1.82) is 0 Å². The van der Waals surface area contributed by atoms with Crippen LogP contribution in [0.3, 0.4) is 0 Å². The summed E-state index contributed by atoms with van der Waals surface area (Å²) in [6.45, 7) is 2.07. The van der Waals surface area contributed by atoms with Gasteiger partial charge in [0.2, 0.25) is 11.7 Å². The van der Waals surface area contributed by atoms with Gasteiger partial charge in [-0.3, -0.25) is 14.4 Å². The summed E-state index contributed by atoms with van der Waals surface area (Å²) in [5, 5.41) is 44.9. The van der Waals surface area contributed by atoms with Gasteiger partial charge in [0.05, 0.1) is 11.7 Å². The molecule has 8 N–H and O–H groups in total. The van der Waals surface area contributed by atoms with Crippen LogP contribution in [-0.2, 0) is 33.8 Å². The Morgan fingerprint density at radius 3 is 2.44 bits per heavy atom. The number of unbranched alkanes of at least 4 members (excludes halogenated alkanes) is 1. The van der Waals surface area contributed by atoms with Crippen molar-refractivity contribution in [1.82, 2.24) is 4.90 Å². The molecule has 0 saturated heterocycles. The van der Waals surface area contributed by atoms with Crippen molar-refractivity contribution in [2.24, 2.45) is 29.2 Å². The van der Waals surface area contributed by atoms with Crippen molar-refractivity contribution in [3.05, 3.63) is 33.9 Å². The zero-order chi connectivity index (χ0) is 26.7. The van der Waals surface area contributed by atoms with E-state index in [1.165, 1.54) is 0 Å². The van der Waals surface area contributed by atoms with Gasteiger partial charge in [-0.1, -0.05) is 19.4 Å². The van der Waals surface area contributed by atoms with Gasteiger partial charge >= 0.3 is 0 Å². The van der Waals surface area contributed by atoms with Gasteiger partial charge in [-0.25, -0.2) is 0 Å². The van der Waals surface area contributed by atoms with Gasteiger partial charge in [0.15, 0.2) is 11.4 Å². The maximum Gasteiger partial charge on any atom is 0.230 e. The summed E-state index contributed by atoms with van der Waals surface area (Å²) in [7, 11) is 3.25.